The molecule has 0 fully saturated rings. The zero-order valence-corrected chi connectivity index (χ0v) is 12.1. The highest BCUT2D eigenvalue weighted by molar-refractivity contribution is 5.73. The summed E-state index contributed by atoms with van der Waals surface area (Å²) in [7, 11) is 1.58. The van der Waals surface area contributed by atoms with Crippen LogP contribution >= 0.6 is 0 Å². The second kappa shape index (κ2) is 6.06. The molecule has 0 bridgehead atoms. The lowest BCUT2D eigenvalue weighted by molar-refractivity contribution is -0.163. The zero-order chi connectivity index (χ0) is 14.6. The van der Waals surface area contributed by atoms with Crippen LogP contribution in [0.1, 0.15) is 39.4 Å². The molecule has 0 amide bonds. The third-order valence-corrected chi connectivity index (χ3v) is 2.71. The summed E-state index contributed by atoms with van der Waals surface area (Å²) in [6.07, 6.45) is -0.888. The van der Waals surface area contributed by atoms with Crippen molar-refractivity contribution in [3.8, 4) is 5.75 Å². The van der Waals surface area contributed by atoms with Crippen molar-refractivity contribution in [1.29, 1.82) is 0 Å². The molecule has 0 aliphatic carbocycles. The van der Waals surface area contributed by atoms with Gasteiger partial charge in [0.05, 0.1) is 19.1 Å². The van der Waals surface area contributed by atoms with E-state index in [4.69, 9.17) is 9.47 Å². The number of methoxy groups -OCH3 is 1. The van der Waals surface area contributed by atoms with Gasteiger partial charge in [0.2, 0.25) is 0 Å². The van der Waals surface area contributed by atoms with Crippen molar-refractivity contribution in [3.63, 3.8) is 0 Å². The van der Waals surface area contributed by atoms with E-state index in [1.807, 2.05) is 0 Å². The molecule has 0 radical (unpaired) electrons. The third kappa shape index (κ3) is 4.56. The summed E-state index contributed by atoms with van der Waals surface area (Å²) < 4.78 is 10.3. The summed E-state index contributed by atoms with van der Waals surface area (Å²) in [4.78, 5) is 11.9. The van der Waals surface area contributed by atoms with Gasteiger partial charge in [-0.25, -0.2) is 0 Å². The van der Waals surface area contributed by atoms with Crippen molar-refractivity contribution in [1.82, 2.24) is 0 Å². The molecule has 1 rings (SSSR count). The second-order valence-electron chi connectivity index (χ2n) is 5.54. The van der Waals surface area contributed by atoms with E-state index in [9.17, 15) is 9.90 Å². The predicted octanol–water partition coefficient (Wildman–Crippen LogP) is 2.71. The number of hydrogen-bond acceptors (Lipinski definition) is 4. The van der Waals surface area contributed by atoms with Gasteiger partial charge in [-0.1, -0.05) is 12.1 Å². The van der Waals surface area contributed by atoms with Crippen molar-refractivity contribution in [2.24, 2.45) is 5.92 Å². The Balaban J connectivity index is 2.75. The summed E-state index contributed by atoms with van der Waals surface area (Å²) >= 11 is 0. The maximum atomic E-state index is 11.9. The average molecular weight is 266 g/mol. The van der Waals surface area contributed by atoms with Gasteiger partial charge in [0.25, 0.3) is 0 Å². The fourth-order valence-electron chi connectivity index (χ4n) is 1.61. The Morgan fingerprint density at radius 3 is 2.16 bits per heavy atom. The Labute approximate surface area is 114 Å². The molecule has 1 aromatic rings. The van der Waals surface area contributed by atoms with Crippen LogP contribution in [-0.2, 0) is 9.53 Å². The molecular weight excluding hydrogens is 244 g/mol. The minimum absolute atomic E-state index is 0.407. The second-order valence-corrected chi connectivity index (χ2v) is 5.54. The summed E-state index contributed by atoms with van der Waals surface area (Å²) in [6, 6.07) is 6.98. The highest BCUT2D eigenvalue weighted by atomic mass is 16.6. The Bertz CT molecular complexity index is 417. The van der Waals surface area contributed by atoms with Crippen LogP contribution in [0.4, 0.5) is 0 Å². The van der Waals surface area contributed by atoms with Crippen molar-refractivity contribution in [2.45, 2.75) is 39.4 Å². The molecule has 1 N–H and O–H groups in total. The molecule has 0 spiro atoms. The van der Waals surface area contributed by atoms with E-state index < -0.39 is 23.6 Å². The Hall–Kier alpha value is -1.55. The van der Waals surface area contributed by atoms with Gasteiger partial charge in [0, 0.05) is 0 Å². The first kappa shape index (κ1) is 15.5. The molecule has 106 valence electrons. The topological polar surface area (TPSA) is 55.8 Å². The smallest absolute Gasteiger partial charge is 0.312 e. The molecule has 19 heavy (non-hydrogen) atoms. The quantitative estimate of drug-likeness (QED) is 0.851. The third-order valence-electron chi connectivity index (χ3n) is 2.71. The Kier molecular flexibility index (Phi) is 4.95. The van der Waals surface area contributed by atoms with Gasteiger partial charge >= 0.3 is 5.97 Å². The van der Waals surface area contributed by atoms with Crippen LogP contribution in [0.25, 0.3) is 0 Å². The number of rotatable bonds is 4. The molecule has 0 unspecified atom stereocenters. The van der Waals surface area contributed by atoms with Gasteiger partial charge in [-0.15, -0.1) is 0 Å². The van der Waals surface area contributed by atoms with Gasteiger partial charge < -0.3 is 14.6 Å². The van der Waals surface area contributed by atoms with Crippen LogP contribution in [0, 0.1) is 5.92 Å². The van der Waals surface area contributed by atoms with Gasteiger partial charge in [-0.2, -0.15) is 0 Å². The van der Waals surface area contributed by atoms with Crippen LogP contribution in [0.2, 0.25) is 0 Å². The van der Waals surface area contributed by atoms with E-state index in [0.717, 1.165) is 0 Å². The fraction of sp³-hybridized carbons (Fsp3) is 0.533. The summed E-state index contributed by atoms with van der Waals surface area (Å²) in [5.74, 6) is -0.315. The molecule has 0 aliphatic rings. The number of carbonyl (C=O) groups excluding carboxylic acids is 1. The van der Waals surface area contributed by atoms with Crippen LogP contribution in [0.15, 0.2) is 24.3 Å². The van der Waals surface area contributed by atoms with E-state index >= 15 is 0 Å². The molecule has 4 nitrogen and oxygen atoms in total. The van der Waals surface area contributed by atoms with Crippen LogP contribution < -0.4 is 4.74 Å². The molecule has 4 heteroatoms. The normalized spacial score (nSPS) is 14.6. The minimum Gasteiger partial charge on any atom is -0.497 e. The predicted molar refractivity (Wildman–Crippen MR) is 73.0 cm³/mol. The SMILES string of the molecule is COc1ccc([C@@H](O)[C@@H](C)C(=O)OC(C)(C)C)cc1. The molecule has 0 saturated carbocycles. The first-order chi connectivity index (χ1) is 8.74. The fourth-order valence-corrected chi connectivity index (χ4v) is 1.61. The first-order valence-corrected chi connectivity index (χ1v) is 6.29. The van der Waals surface area contributed by atoms with E-state index in [2.05, 4.69) is 0 Å². The van der Waals surface area contributed by atoms with Crippen LogP contribution in [0.5, 0.6) is 5.75 Å². The Morgan fingerprint density at radius 1 is 1.21 bits per heavy atom. The summed E-state index contributed by atoms with van der Waals surface area (Å²) in [6.45, 7) is 7.06. The zero-order valence-electron chi connectivity index (χ0n) is 12.1. The summed E-state index contributed by atoms with van der Waals surface area (Å²) in [5.41, 5.74) is 0.115. The van der Waals surface area contributed by atoms with Gasteiger partial charge in [-0.3, -0.25) is 4.79 Å². The maximum absolute atomic E-state index is 11.9. The maximum Gasteiger partial charge on any atom is 0.312 e. The number of ether oxygens (including phenoxy) is 2. The minimum atomic E-state index is -0.888. The molecular formula is C15H22O4. The first-order valence-electron chi connectivity index (χ1n) is 6.29. The lowest BCUT2D eigenvalue weighted by Gasteiger charge is -2.24. The van der Waals surface area contributed by atoms with Crippen LogP contribution in [0.3, 0.4) is 0 Å². The number of aliphatic hydroxyl groups is 1. The average Bonchev–Trinajstić information content (AvgIpc) is 2.35. The highest BCUT2D eigenvalue weighted by Gasteiger charge is 2.28. The monoisotopic (exact) mass is 266 g/mol. The van der Waals surface area contributed by atoms with Gasteiger partial charge in [-0.05, 0) is 45.4 Å². The van der Waals surface area contributed by atoms with Crippen molar-refractivity contribution < 1.29 is 19.4 Å². The van der Waals surface area contributed by atoms with Gasteiger partial charge in [0.15, 0.2) is 0 Å². The largest absolute Gasteiger partial charge is 0.497 e. The molecule has 1 aromatic carbocycles. The number of hydrogen-bond donors (Lipinski definition) is 1. The highest BCUT2D eigenvalue weighted by Crippen LogP contribution is 2.26. The molecule has 0 heterocycles. The standard InChI is InChI=1S/C15H22O4/c1-10(14(17)19-15(2,3)4)13(16)11-6-8-12(18-5)9-7-11/h6-10,13,16H,1-5H3/t10-,13+/m1/s1. The summed E-state index contributed by atoms with van der Waals surface area (Å²) in [5, 5.41) is 10.2. The lowest BCUT2D eigenvalue weighted by Crippen LogP contribution is -2.30. The molecule has 0 saturated heterocycles. The van der Waals surface area contributed by atoms with E-state index in [1.165, 1.54) is 0 Å². The molecule has 2 atom stereocenters. The number of benzene rings is 1. The lowest BCUT2D eigenvalue weighted by atomic mass is 9.97. The van der Waals surface area contributed by atoms with Crippen LogP contribution in [-0.4, -0.2) is 23.8 Å². The number of aliphatic hydroxyl groups excluding tert-OH is 1. The van der Waals surface area contributed by atoms with Crippen molar-refractivity contribution >= 4 is 5.97 Å². The number of esters is 1. The Morgan fingerprint density at radius 2 is 1.74 bits per heavy atom. The number of carbonyl (C=O) groups is 1. The van der Waals surface area contributed by atoms with Crippen molar-refractivity contribution in [2.75, 3.05) is 7.11 Å². The van der Waals surface area contributed by atoms with E-state index in [-0.39, 0.29) is 0 Å². The van der Waals surface area contributed by atoms with Gasteiger partial charge in [0.1, 0.15) is 11.4 Å². The van der Waals surface area contributed by atoms with E-state index in [1.54, 1.807) is 59.1 Å². The van der Waals surface area contributed by atoms with Crippen molar-refractivity contribution in [3.05, 3.63) is 29.8 Å². The molecule has 0 aromatic heterocycles. The molecule has 0 aliphatic heterocycles. The van der Waals surface area contributed by atoms with E-state index in [0.29, 0.717) is 11.3 Å².